The molecule has 2 aromatic carbocycles. The summed E-state index contributed by atoms with van der Waals surface area (Å²) in [7, 11) is 4.66. The molecule has 0 fully saturated rings. The predicted molar refractivity (Wildman–Crippen MR) is 172 cm³/mol. The summed E-state index contributed by atoms with van der Waals surface area (Å²) in [5.74, 6) is 1.57. The Morgan fingerprint density at radius 1 is 1.05 bits per heavy atom. The number of allylic oxidation sites excluding steroid dienone is 1. The Balaban J connectivity index is 1.94. The van der Waals surface area contributed by atoms with Crippen LogP contribution in [0.2, 0.25) is 0 Å². The van der Waals surface area contributed by atoms with Gasteiger partial charge in [-0.1, -0.05) is 30.4 Å². The van der Waals surface area contributed by atoms with E-state index in [1.54, 1.807) is 39.4 Å². The molecule has 1 aliphatic rings. The lowest BCUT2D eigenvalue weighted by Gasteiger charge is -2.27. The largest absolute Gasteiger partial charge is 0.493 e. The number of ether oxygens (including phenoxy) is 6. The minimum atomic E-state index is -0.871. The van der Waals surface area contributed by atoms with Crippen LogP contribution in [0, 0.1) is 3.57 Å². The number of para-hydroxylation sites is 1. The van der Waals surface area contributed by atoms with Crippen molar-refractivity contribution in [1.82, 2.24) is 4.57 Å². The summed E-state index contributed by atoms with van der Waals surface area (Å²) in [6, 6.07) is 8.29. The van der Waals surface area contributed by atoms with E-state index < -0.39 is 12.0 Å². The smallest absolute Gasteiger partial charge is 0.338 e. The first-order chi connectivity index (χ1) is 20.8. The number of rotatable bonds is 13. The molecule has 0 bridgehead atoms. The summed E-state index contributed by atoms with van der Waals surface area (Å²) >= 11 is 3.44. The number of methoxy groups -OCH3 is 3. The summed E-state index contributed by atoms with van der Waals surface area (Å²) in [4.78, 5) is 32.8. The van der Waals surface area contributed by atoms with Crippen molar-refractivity contribution < 1.29 is 33.2 Å². The molecule has 230 valence electrons. The molecular formula is C31H35IN2O8S. The van der Waals surface area contributed by atoms with Crippen LogP contribution in [0.4, 0.5) is 0 Å². The Bertz CT molecular complexity index is 1690. The van der Waals surface area contributed by atoms with Gasteiger partial charge in [0.25, 0.3) is 5.56 Å². The van der Waals surface area contributed by atoms with Crippen LogP contribution in [0.1, 0.15) is 44.4 Å². The highest BCUT2D eigenvalue weighted by molar-refractivity contribution is 14.1. The molecule has 12 heteroatoms. The van der Waals surface area contributed by atoms with Gasteiger partial charge in [0.15, 0.2) is 27.8 Å². The van der Waals surface area contributed by atoms with E-state index in [-0.39, 0.29) is 24.3 Å². The quantitative estimate of drug-likeness (QED) is 0.147. The Labute approximate surface area is 267 Å². The van der Waals surface area contributed by atoms with Gasteiger partial charge >= 0.3 is 5.97 Å². The van der Waals surface area contributed by atoms with E-state index in [0.717, 1.165) is 15.6 Å². The van der Waals surface area contributed by atoms with Crippen LogP contribution in [0.15, 0.2) is 51.4 Å². The van der Waals surface area contributed by atoms with Gasteiger partial charge in [-0.2, -0.15) is 0 Å². The maximum Gasteiger partial charge on any atom is 0.338 e. The number of thiazole rings is 1. The van der Waals surface area contributed by atoms with Crippen molar-refractivity contribution in [1.29, 1.82) is 0 Å². The first-order valence-corrected chi connectivity index (χ1v) is 15.7. The number of benzene rings is 2. The summed E-state index contributed by atoms with van der Waals surface area (Å²) in [5.41, 5.74) is 1.71. The van der Waals surface area contributed by atoms with Gasteiger partial charge in [0, 0.05) is 12.7 Å². The Hall–Kier alpha value is -3.36. The molecule has 10 nitrogen and oxygen atoms in total. The normalized spacial score (nSPS) is 14.7. The van der Waals surface area contributed by atoms with Crippen LogP contribution >= 0.6 is 33.9 Å². The number of fused-ring (bicyclic) bond motifs is 1. The number of aromatic nitrogens is 1. The molecule has 2 heterocycles. The van der Waals surface area contributed by atoms with Gasteiger partial charge in [-0.05, 0) is 72.7 Å². The van der Waals surface area contributed by atoms with E-state index in [1.165, 1.54) is 23.0 Å². The fourth-order valence-corrected chi connectivity index (χ4v) is 6.53. The SMILES string of the molecule is CCCOc1c(I)cc(/C=c2/sc3n(c2=O)[C@@H](c2cccc(OC)c2OCC)C(C(=O)OCCOC)=C(C)N=3)cc1OC. The van der Waals surface area contributed by atoms with Gasteiger partial charge in [-0.25, -0.2) is 9.79 Å². The Morgan fingerprint density at radius 3 is 2.49 bits per heavy atom. The highest BCUT2D eigenvalue weighted by atomic mass is 127. The molecule has 1 aliphatic heterocycles. The third-order valence-electron chi connectivity index (χ3n) is 6.57. The summed E-state index contributed by atoms with van der Waals surface area (Å²) in [6.45, 7) is 6.83. The standard InChI is InChI=1S/C31H35IN2O8S/c1-7-12-41-28-21(32)15-19(16-23(28)39-6)17-24-29(35)34-26(20-10-9-11-22(38-5)27(20)40-8-2)25(18(3)33-31(34)43-24)30(36)42-14-13-37-4/h9-11,15-17,26H,7-8,12-14H2,1-6H3/b24-17+/t26-/m0/s1. The number of halogens is 1. The van der Waals surface area contributed by atoms with Crippen LogP contribution in [-0.2, 0) is 14.3 Å². The van der Waals surface area contributed by atoms with Crippen LogP contribution < -0.4 is 33.8 Å². The summed E-state index contributed by atoms with van der Waals surface area (Å²) in [5, 5.41) is 0. The van der Waals surface area contributed by atoms with Crippen molar-refractivity contribution in [3.05, 3.63) is 76.0 Å². The van der Waals surface area contributed by atoms with Crippen molar-refractivity contribution in [2.24, 2.45) is 4.99 Å². The van der Waals surface area contributed by atoms with Crippen molar-refractivity contribution in [3.63, 3.8) is 0 Å². The van der Waals surface area contributed by atoms with Crippen LogP contribution in [0.25, 0.3) is 6.08 Å². The van der Waals surface area contributed by atoms with E-state index in [2.05, 4.69) is 27.6 Å². The number of carbonyl (C=O) groups excluding carboxylic acids is 1. The minimum Gasteiger partial charge on any atom is -0.493 e. The second-order valence-corrected chi connectivity index (χ2v) is 11.6. The van der Waals surface area contributed by atoms with Gasteiger partial charge < -0.3 is 28.4 Å². The molecule has 4 rings (SSSR count). The van der Waals surface area contributed by atoms with E-state index in [1.807, 2.05) is 32.0 Å². The van der Waals surface area contributed by atoms with E-state index in [4.69, 9.17) is 28.4 Å². The molecule has 0 amide bonds. The van der Waals surface area contributed by atoms with Crippen LogP contribution in [0.3, 0.4) is 0 Å². The topological polar surface area (TPSA) is 107 Å². The van der Waals surface area contributed by atoms with Gasteiger partial charge in [0.1, 0.15) is 12.6 Å². The van der Waals surface area contributed by atoms with Crippen molar-refractivity contribution in [2.45, 2.75) is 33.2 Å². The molecule has 0 saturated heterocycles. The maximum atomic E-state index is 14.2. The minimum absolute atomic E-state index is 0.0537. The number of carbonyl (C=O) groups is 1. The lowest BCUT2D eigenvalue weighted by Crippen LogP contribution is -2.40. The zero-order valence-electron chi connectivity index (χ0n) is 25.0. The average molecular weight is 723 g/mol. The highest BCUT2D eigenvalue weighted by Gasteiger charge is 2.36. The van der Waals surface area contributed by atoms with Gasteiger partial charge in [0.2, 0.25) is 0 Å². The number of hydrogen-bond acceptors (Lipinski definition) is 10. The molecular weight excluding hydrogens is 687 g/mol. The number of esters is 1. The lowest BCUT2D eigenvalue weighted by molar-refractivity contribution is -0.140. The average Bonchev–Trinajstić information content (AvgIpc) is 3.29. The Morgan fingerprint density at radius 2 is 1.81 bits per heavy atom. The molecule has 0 unspecified atom stereocenters. The van der Waals surface area contributed by atoms with E-state index >= 15 is 0 Å². The van der Waals surface area contributed by atoms with Crippen LogP contribution in [0.5, 0.6) is 23.0 Å². The molecule has 0 aliphatic carbocycles. The summed E-state index contributed by atoms with van der Waals surface area (Å²) < 4.78 is 36.5. The maximum absolute atomic E-state index is 14.2. The molecule has 43 heavy (non-hydrogen) atoms. The molecule has 0 spiro atoms. The molecule has 0 N–H and O–H groups in total. The third-order valence-corrected chi connectivity index (χ3v) is 8.36. The zero-order valence-corrected chi connectivity index (χ0v) is 28.0. The second-order valence-electron chi connectivity index (χ2n) is 9.40. The van der Waals surface area contributed by atoms with Gasteiger partial charge in [0.05, 0.1) is 53.4 Å². The van der Waals surface area contributed by atoms with E-state index in [0.29, 0.717) is 56.8 Å². The Kier molecular flexibility index (Phi) is 11.3. The molecule has 0 saturated carbocycles. The zero-order chi connectivity index (χ0) is 31.1. The number of nitrogens with zero attached hydrogens (tertiary/aromatic N) is 2. The van der Waals surface area contributed by atoms with Crippen molar-refractivity contribution >= 4 is 46.0 Å². The highest BCUT2D eigenvalue weighted by Crippen LogP contribution is 2.41. The predicted octanol–water partition coefficient (Wildman–Crippen LogP) is 4.23. The van der Waals surface area contributed by atoms with Gasteiger partial charge in [-0.15, -0.1) is 0 Å². The van der Waals surface area contributed by atoms with Crippen LogP contribution in [-0.4, -0.2) is 58.3 Å². The fourth-order valence-electron chi connectivity index (χ4n) is 4.70. The number of hydrogen-bond donors (Lipinski definition) is 0. The molecule has 1 aromatic heterocycles. The third kappa shape index (κ3) is 6.91. The fraction of sp³-hybridized carbons (Fsp3) is 0.387. The first-order valence-electron chi connectivity index (χ1n) is 13.8. The first kappa shape index (κ1) is 32.6. The van der Waals surface area contributed by atoms with E-state index in [9.17, 15) is 9.59 Å². The lowest BCUT2D eigenvalue weighted by atomic mass is 9.94. The van der Waals surface area contributed by atoms with Crippen molar-refractivity contribution in [3.8, 4) is 23.0 Å². The molecule has 1 atom stereocenters. The summed E-state index contributed by atoms with van der Waals surface area (Å²) in [6.07, 6.45) is 2.66. The van der Waals surface area contributed by atoms with Gasteiger partial charge in [-0.3, -0.25) is 9.36 Å². The second kappa shape index (κ2) is 14.9. The molecule has 3 aromatic rings. The van der Waals surface area contributed by atoms with Crippen molar-refractivity contribution in [2.75, 3.05) is 47.8 Å². The molecule has 0 radical (unpaired) electrons. The monoisotopic (exact) mass is 722 g/mol.